The third-order valence-electron chi connectivity index (χ3n) is 5.96. The minimum atomic E-state index is -2.62. The second kappa shape index (κ2) is 9.23. The van der Waals surface area contributed by atoms with Crippen molar-refractivity contribution in [3.8, 4) is 17.6 Å². The van der Waals surface area contributed by atoms with Crippen LogP contribution in [0.2, 0.25) is 5.02 Å². The second-order valence-electron chi connectivity index (χ2n) is 8.10. The summed E-state index contributed by atoms with van der Waals surface area (Å²) in [4.78, 5) is 14.5. The van der Waals surface area contributed by atoms with Gasteiger partial charge in [0.05, 0.1) is 27.4 Å². The standard InChI is InChI=1S/C24H17ClFN5O4S/c25-18-6-4-13(8-21(18)35-23-14(11-27)2-1-3-19(23)26)15-9-22(32)30(12-15)16-5-7-20-17(10-16)24(28)29-31(20)36(33)34/h1-8,10,15H,9,12H2,(H2,28,29)(H,33,34)/p-1/t15-/m0/s1. The first kappa shape index (κ1) is 23.7. The number of nitrogens with two attached hydrogens (primary N) is 1. The van der Waals surface area contributed by atoms with Gasteiger partial charge in [-0.2, -0.15) is 9.35 Å². The molecule has 0 radical (unpaired) electrons. The number of hydrogen-bond acceptors (Lipinski definition) is 7. The van der Waals surface area contributed by atoms with Crippen LogP contribution < -0.4 is 15.4 Å². The smallest absolute Gasteiger partial charge is 0.227 e. The van der Waals surface area contributed by atoms with Crippen LogP contribution in [0.25, 0.3) is 10.9 Å². The summed E-state index contributed by atoms with van der Waals surface area (Å²) in [6, 6.07) is 15.7. The van der Waals surface area contributed by atoms with Crippen LogP contribution in [0.1, 0.15) is 23.5 Å². The number of carbonyl (C=O) groups is 1. The molecular formula is C24H16ClFN5O4S-. The minimum absolute atomic E-state index is 0.0255. The van der Waals surface area contributed by atoms with Crippen LogP contribution in [0.3, 0.4) is 0 Å². The molecule has 1 aliphatic rings. The molecule has 36 heavy (non-hydrogen) atoms. The fourth-order valence-electron chi connectivity index (χ4n) is 4.23. The van der Waals surface area contributed by atoms with Crippen molar-refractivity contribution in [1.82, 2.24) is 9.19 Å². The third-order valence-corrected chi connectivity index (χ3v) is 6.84. The van der Waals surface area contributed by atoms with E-state index < -0.39 is 17.1 Å². The number of halogens is 2. The van der Waals surface area contributed by atoms with E-state index in [0.29, 0.717) is 23.1 Å². The van der Waals surface area contributed by atoms with Gasteiger partial charge < -0.3 is 19.9 Å². The normalized spacial score (nSPS) is 16.3. The predicted molar refractivity (Wildman–Crippen MR) is 131 cm³/mol. The molecule has 9 nitrogen and oxygen atoms in total. The van der Waals surface area contributed by atoms with Crippen LogP contribution in [-0.2, 0) is 16.1 Å². The molecule has 0 bridgehead atoms. The van der Waals surface area contributed by atoms with E-state index in [4.69, 9.17) is 22.1 Å². The number of para-hydroxylation sites is 1. The Labute approximate surface area is 211 Å². The topological polar surface area (TPSA) is 137 Å². The third kappa shape index (κ3) is 4.15. The highest BCUT2D eigenvalue weighted by Gasteiger charge is 2.32. The molecule has 3 aromatic carbocycles. The molecule has 1 unspecified atom stereocenters. The molecule has 2 heterocycles. The van der Waals surface area contributed by atoms with Gasteiger partial charge in [-0.3, -0.25) is 9.00 Å². The molecule has 1 aromatic heterocycles. The number of rotatable bonds is 5. The first-order valence-corrected chi connectivity index (χ1v) is 12.0. The van der Waals surface area contributed by atoms with Crippen LogP contribution in [0.15, 0.2) is 54.6 Å². The van der Waals surface area contributed by atoms with Crippen molar-refractivity contribution in [2.24, 2.45) is 0 Å². The molecule has 1 amide bonds. The Kier molecular flexibility index (Phi) is 6.09. The monoisotopic (exact) mass is 524 g/mol. The van der Waals surface area contributed by atoms with E-state index in [-0.39, 0.29) is 46.1 Å². The lowest BCUT2D eigenvalue weighted by atomic mass is 9.98. The van der Waals surface area contributed by atoms with Gasteiger partial charge in [0.2, 0.25) is 5.91 Å². The molecule has 12 heteroatoms. The highest BCUT2D eigenvalue weighted by molar-refractivity contribution is 7.77. The first-order valence-electron chi connectivity index (χ1n) is 10.6. The molecule has 1 saturated heterocycles. The van der Waals surface area contributed by atoms with E-state index in [2.05, 4.69) is 5.10 Å². The fraction of sp³-hybridized carbons (Fsp3) is 0.125. The van der Waals surface area contributed by atoms with Gasteiger partial charge in [0.25, 0.3) is 0 Å². The molecule has 1 fully saturated rings. The molecule has 2 atom stereocenters. The SMILES string of the molecule is N#Cc1cccc(F)c1Oc1cc([C@H]2CC(=O)N(c3ccc4c(c3)c(N)nn4S(=O)[O-])C2)ccc1Cl. The number of fused-ring (bicyclic) bond motifs is 1. The van der Waals surface area contributed by atoms with Crippen molar-refractivity contribution in [2.75, 3.05) is 17.2 Å². The van der Waals surface area contributed by atoms with Gasteiger partial charge in [0.15, 0.2) is 17.4 Å². The maximum atomic E-state index is 14.3. The number of ether oxygens (including phenoxy) is 1. The second-order valence-corrected chi connectivity index (χ2v) is 9.29. The number of carbonyl (C=O) groups excluding carboxylic acids is 1. The van der Waals surface area contributed by atoms with Gasteiger partial charge in [-0.15, -0.1) is 5.10 Å². The zero-order chi connectivity index (χ0) is 25.6. The molecule has 1 aliphatic heterocycles. The van der Waals surface area contributed by atoms with Crippen molar-refractivity contribution in [2.45, 2.75) is 12.3 Å². The van der Waals surface area contributed by atoms with Gasteiger partial charge in [-0.1, -0.05) is 23.7 Å². The first-order chi connectivity index (χ1) is 17.3. The van der Waals surface area contributed by atoms with E-state index in [1.165, 1.54) is 18.2 Å². The Morgan fingerprint density at radius 1 is 1.25 bits per heavy atom. The van der Waals surface area contributed by atoms with Crippen LogP contribution in [-0.4, -0.2) is 30.4 Å². The largest absolute Gasteiger partial charge is 0.754 e. The zero-order valence-corrected chi connectivity index (χ0v) is 19.9. The molecule has 5 rings (SSSR count). The lowest BCUT2D eigenvalue weighted by molar-refractivity contribution is -0.117. The summed E-state index contributed by atoms with van der Waals surface area (Å²) in [6.45, 7) is 0.329. The molecule has 182 valence electrons. The summed E-state index contributed by atoms with van der Waals surface area (Å²) in [6.07, 6.45) is 0.196. The minimum Gasteiger partial charge on any atom is -0.754 e. The maximum absolute atomic E-state index is 14.3. The molecule has 2 N–H and O–H groups in total. The summed E-state index contributed by atoms with van der Waals surface area (Å²) in [5, 5.41) is 13.7. The Morgan fingerprint density at radius 3 is 2.81 bits per heavy atom. The van der Waals surface area contributed by atoms with Crippen molar-refractivity contribution in [3.05, 3.63) is 76.6 Å². The van der Waals surface area contributed by atoms with Crippen LogP contribution in [0.4, 0.5) is 15.9 Å². The number of nitrogen functional groups attached to an aromatic ring is 1. The van der Waals surface area contributed by atoms with Gasteiger partial charge in [0, 0.05) is 30.0 Å². The lowest BCUT2D eigenvalue weighted by Crippen LogP contribution is -2.24. The summed E-state index contributed by atoms with van der Waals surface area (Å²) in [7, 11) is 0. The van der Waals surface area contributed by atoms with E-state index in [0.717, 1.165) is 9.65 Å². The number of benzene rings is 3. The molecule has 0 saturated carbocycles. The summed E-state index contributed by atoms with van der Waals surface area (Å²) >= 11 is 3.66. The number of nitriles is 1. The summed E-state index contributed by atoms with van der Waals surface area (Å²) < 4.78 is 43.5. The maximum Gasteiger partial charge on any atom is 0.227 e. The van der Waals surface area contributed by atoms with Crippen LogP contribution in [0, 0.1) is 17.1 Å². The van der Waals surface area contributed by atoms with Gasteiger partial charge in [-0.05, 0) is 48.0 Å². The van der Waals surface area contributed by atoms with Crippen molar-refractivity contribution in [1.29, 1.82) is 5.26 Å². The number of nitrogens with zero attached hydrogens (tertiary/aromatic N) is 4. The molecule has 0 aliphatic carbocycles. The van der Waals surface area contributed by atoms with E-state index in [9.17, 15) is 23.2 Å². The van der Waals surface area contributed by atoms with E-state index in [1.54, 1.807) is 41.3 Å². The number of amides is 1. The molecule has 0 spiro atoms. The van der Waals surface area contributed by atoms with Crippen molar-refractivity contribution in [3.63, 3.8) is 0 Å². The number of anilines is 2. The highest BCUT2D eigenvalue weighted by atomic mass is 35.5. The number of hydrogen-bond donors (Lipinski definition) is 1. The lowest BCUT2D eigenvalue weighted by Gasteiger charge is -2.18. The summed E-state index contributed by atoms with van der Waals surface area (Å²) in [5.41, 5.74) is 7.50. The highest BCUT2D eigenvalue weighted by Crippen LogP contribution is 2.39. The Balaban J connectivity index is 1.43. The van der Waals surface area contributed by atoms with E-state index in [1.807, 2.05) is 6.07 Å². The molecule has 4 aromatic rings. The Hall–Kier alpha value is -3.98. The quantitative estimate of drug-likeness (QED) is 0.385. The van der Waals surface area contributed by atoms with Crippen LogP contribution >= 0.6 is 11.6 Å². The van der Waals surface area contributed by atoms with Crippen molar-refractivity contribution >= 4 is 51.2 Å². The average Bonchev–Trinajstić information content (AvgIpc) is 3.41. The Morgan fingerprint density at radius 2 is 2.06 bits per heavy atom. The number of aromatic nitrogens is 2. The van der Waals surface area contributed by atoms with E-state index >= 15 is 0 Å². The van der Waals surface area contributed by atoms with Crippen molar-refractivity contribution < 1.29 is 22.7 Å². The van der Waals surface area contributed by atoms with Gasteiger partial charge in [0.1, 0.15) is 11.8 Å². The Bertz CT molecular complexity index is 1600. The van der Waals surface area contributed by atoms with Gasteiger partial charge in [-0.25, -0.2) is 4.39 Å². The van der Waals surface area contributed by atoms with Crippen LogP contribution in [0.5, 0.6) is 11.5 Å². The zero-order valence-electron chi connectivity index (χ0n) is 18.4. The predicted octanol–water partition coefficient (Wildman–Crippen LogP) is 4.24. The van der Waals surface area contributed by atoms with Gasteiger partial charge >= 0.3 is 0 Å². The fourth-order valence-corrected chi connectivity index (χ4v) is 4.86. The average molecular weight is 525 g/mol. The summed E-state index contributed by atoms with van der Waals surface area (Å²) in [5.74, 6) is -1.10. The molecular weight excluding hydrogens is 509 g/mol.